The Hall–Kier alpha value is -2.08. The van der Waals surface area contributed by atoms with Gasteiger partial charge in [-0.25, -0.2) is 0 Å². The van der Waals surface area contributed by atoms with E-state index in [9.17, 15) is 9.59 Å². The molecule has 1 fully saturated rings. The quantitative estimate of drug-likeness (QED) is 0.721. The Kier molecular flexibility index (Phi) is 5.83. The molecule has 6 heteroatoms. The zero-order chi connectivity index (χ0) is 17.7. The van der Waals surface area contributed by atoms with Crippen LogP contribution < -0.4 is 16.4 Å². The molecule has 0 aliphatic carbocycles. The van der Waals surface area contributed by atoms with Crippen LogP contribution in [0.3, 0.4) is 0 Å². The summed E-state index contributed by atoms with van der Waals surface area (Å²) in [5.41, 5.74) is 6.81. The average Bonchev–Trinajstić information content (AvgIpc) is 2.98. The van der Waals surface area contributed by atoms with Gasteiger partial charge >= 0.3 is 0 Å². The molecular formula is C18H28N4O2. The molecule has 1 aromatic carbocycles. The van der Waals surface area contributed by atoms with Gasteiger partial charge in [0.2, 0.25) is 5.91 Å². The second-order valence-corrected chi connectivity index (χ2v) is 7.35. The number of anilines is 2. The number of amides is 2. The molecule has 0 spiro atoms. The molecule has 0 aromatic heterocycles. The molecule has 24 heavy (non-hydrogen) atoms. The summed E-state index contributed by atoms with van der Waals surface area (Å²) in [6.45, 7) is 9.19. The van der Waals surface area contributed by atoms with Gasteiger partial charge in [0.15, 0.2) is 0 Å². The van der Waals surface area contributed by atoms with Crippen molar-refractivity contribution in [3.63, 3.8) is 0 Å². The number of hydrogen-bond donors (Lipinski definition) is 3. The van der Waals surface area contributed by atoms with Crippen molar-refractivity contribution in [2.75, 3.05) is 37.2 Å². The first-order chi connectivity index (χ1) is 11.3. The molecule has 0 bridgehead atoms. The van der Waals surface area contributed by atoms with Crippen molar-refractivity contribution in [2.24, 2.45) is 5.41 Å². The van der Waals surface area contributed by atoms with Crippen LogP contribution in [0.5, 0.6) is 0 Å². The van der Waals surface area contributed by atoms with Crippen LogP contribution in [0, 0.1) is 5.41 Å². The number of benzene rings is 1. The third-order valence-corrected chi connectivity index (χ3v) is 4.07. The van der Waals surface area contributed by atoms with Crippen LogP contribution in [-0.2, 0) is 4.79 Å². The lowest BCUT2D eigenvalue weighted by atomic mass is 9.95. The van der Waals surface area contributed by atoms with Crippen LogP contribution in [0.15, 0.2) is 18.2 Å². The van der Waals surface area contributed by atoms with Gasteiger partial charge in [0.25, 0.3) is 5.91 Å². The highest BCUT2D eigenvalue weighted by atomic mass is 16.2. The molecule has 1 aliphatic rings. The van der Waals surface area contributed by atoms with Gasteiger partial charge in [-0.05, 0) is 44.1 Å². The molecule has 0 saturated carbocycles. The topological polar surface area (TPSA) is 87.5 Å². The van der Waals surface area contributed by atoms with E-state index in [0.29, 0.717) is 23.5 Å². The number of rotatable bonds is 5. The van der Waals surface area contributed by atoms with Crippen LogP contribution in [-0.4, -0.2) is 42.9 Å². The summed E-state index contributed by atoms with van der Waals surface area (Å²) in [5, 5.41) is 5.73. The van der Waals surface area contributed by atoms with Crippen molar-refractivity contribution in [3.05, 3.63) is 23.8 Å². The summed E-state index contributed by atoms with van der Waals surface area (Å²) in [4.78, 5) is 26.7. The fraction of sp³-hybridized carbons (Fsp3) is 0.556. The maximum absolute atomic E-state index is 12.3. The van der Waals surface area contributed by atoms with Gasteiger partial charge in [-0.1, -0.05) is 20.8 Å². The third kappa shape index (κ3) is 5.23. The van der Waals surface area contributed by atoms with Crippen LogP contribution in [0.1, 0.15) is 44.0 Å². The maximum Gasteiger partial charge on any atom is 0.251 e. The summed E-state index contributed by atoms with van der Waals surface area (Å²) in [7, 11) is 0. The van der Waals surface area contributed by atoms with Crippen molar-refractivity contribution in [3.8, 4) is 0 Å². The van der Waals surface area contributed by atoms with Gasteiger partial charge in [-0.3, -0.25) is 9.59 Å². The highest BCUT2D eigenvalue weighted by Gasteiger charge is 2.21. The summed E-state index contributed by atoms with van der Waals surface area (Å²) in [5.74, 6) is -0.291. The second-order valence-electron chi connectivity index (χ2n) is 7.35. The van der Waals surface area contributed by atoms with Crippen molar-refractivity contribution >= 4 is 23.2 Å². The van der Waals surface area contributed by atoms with E-state index in [1.54, 1.807) is 18.2 Å². The first kappa shape index (κ1) is 18.3. The van der Waals surface area contributed by atoms with Crippen LogP contribution >= 0.6 is 0 Å². The number of hydrogen-bond acceptors (Lipinski definition) is 4. The Morgan fingerprint density at radius 3 is 2.46 bits per heavy atom. The standard InChI is InChI=1S/C18H28N4O2/c1-18(2,3)17(24)21-15-11-13(10-14(19)12-15)16(23)20-6-9-22-7-4-5-8-22/h10-12H,4-9,19H2,1-3H3,(H,20,23)(H,21,24). The average molecular weight is 332 g/mol. The molecule has 1 aliphatic heterocycles. The molecule has 1 heterocycles. The van der Waals surface area contributed by atoms with E-state index in [0.717, 1.165) is 19.6 Å². The van der Waals surface area contributed by atoms with Crippen molar-refractivity contribution in [2.45, 2.75) is 33.6 Å². The molecular weight excluding hydrogens is 304 g/mol. The Bertz CT molecular complexity index is 602. The predicted molar refractivity (Wildman–Crippen MR) is 96.9 cm³/mol. The number of likely N-dealkylation sites (tertiary alicyclic amines) is 1. The van der Waals surface area contributed by atoms with E-state index in [-0.39, 0.29) is 11.8 Å². The minimum atomic E-state index is -0.511. The van der Waals surface area contributed by atoms with E-state index in [2.05, 4.69) is 15.5 Å². The van der Waals surface area contributed by atoms with E-state index in [1.165, 1.54) is 12.8 Å². The van der Waals surface area contributed by atoms with Crippen molar-refractivity contribution in [1.29, 1.82) is 0 Å². The Balaban J connectivity index is 1.96. The minimum absolute atomic E-state index is 0.117. The zero-order valence-corrected chi connectivity index (χ0v) is 14.8. The number of carbonyl (C=O) groups is 2. The largest absolute Gasteiger partial charge is 0.399 e. The normalized spacial score (nSPS) is 15.3. The Labute approximate surface area is 143 Å². The highest BCUT2D eigenvalue weighted by molar-refractivity contribution is 5.99. The van der Waals surface area contributed by atoms with Crippen LogP contribution in [0.4, 0.5) is 11.4 Å². The fourth-order valence-corrected chi connectivity index (χ4v) is 2.61. The number of nitrogens with one attached hydrogen (secondary N) is 2. The first-order valence-corrected chi connectivity index (χ1v) is 8.48. The maximum atomic E-state index is 12.3. The molecule has 0 radical (unpaired) electrons. The summed E-state index contributed by atoms with van der Waals surface area (Å²) in [6.07, 6.45) is 2.47. The number of nitrogen functional groups attached to an aromatic ring is 1. The molecule has 0 unspecified atom stereocenters. The van der Waals surface area contributed by atoms with Crippen molar-refractivity contribution in [1.82, 2.24) is 10.2 Å². The van der Waals surface area contributed by atoms with Gasteiger partial charge in [0.1, 0.15) is 0 Å². The molecule has 1 aromatic rings. The number of nitrogens with zero attached hydrogens (tertiary/aromatic N) is 1. The summed E-state index contributed by atoms with van der Waals surface area (Å²) < 4.78 is 0. The predicted octanol–water partition coefficient (Wildman–Crippen LogP) is 2.08. The lowest BCUT2D eigenvalue weighted by molar-refractivity contribution is -0.123. The van der Waals surface area contributed by atoms with Gasteiger partial charge < -0.3 is 21.3 Å². The zero-order valence-electron chi connectivity index (χ0n) is 14.8. The van der Waals surface area contributed by atoms with Gasteiger partial charge in [-0.2, -0.15) is 0 Å². The van der Waals surface area contributed by atoms with Gasteiger partial charge in [0, 0.05) is 35.4 Å². The smallest absolute Gasteiger partial charge is 0.251 e. The molecule has 2 rings (SSSR count). The lowest BCUT2D eigenvalue weighted by Crippen LogP contribution is -2.33. The Morgan fingerprint density at radius 2 is 1.83 bits per heavy atom. The number of carbonyl (C=O) groups excluding carboxylic acids is 2. The lowest BCUT2D eigenvalue weighted by Gasteiger charge is -2.18. The third-order valence-electron chi connectivity index (χ3n) is 4.07. The van der Waals surface area contributed by atoms with Crippen LogP contribution in [0.2, 0.25) is 0 Å². The van der Waals surface area contributed by atoms with Gasteiger partial charge in [0.05, 0.1) is 0 Å². The van der Waals surface area contributed by atoms with Crippen molar-refractivity contribution < 1.29 is 9.59 Å². The van der Waals surface area contributed by atoms with Crippen LogP contribution in [0.25, 0.3) is 0 Å². The number of nitrogens with two attached hydrogens (primary N) is 1. The Morgan fingerprint density at radius 1 is 1.17 bits per heavy atom. The summed E-state index contributed by atoms with van der Waals surface area (Å²) in [6, 6.07) is 4.94. The highest BCUT2D eigenvalue weighted by Crippen LogP contribution is 2.21. The fourth-order valence-electron chi connectivity index (χ4n) is 2.61. The van der Waals surface area contributed by atoms with Gasteiger partial charge in [-0.15, -0.1) is 0 Å². The second kappa shape index (κ2) is 7.66. The molecule has 2 amide bonds. The SMILES string of the molecule is CC(C)(C)C(=O)Nc1cc(N)cc(C(=O)NCCN2CCCC2)c1. The molecule has 132 valence electrons. The molecule has 4 N–H and O–H groups in total. The molecule has 6 nitrogen and oxygen atoms in total. The van der Waals surface area contributed by atoms with E-state index in [1.807, 2.05) is 20.8 Å². The molecule has 1 saturated heterocycles. The van der Waals surface area contributed by atoms with E-state index >= 15 is 0 Å². The first-order valence-electron chi connectivity index (χ1n) is 8.48. The molecule has 0 atom stereocenters. The monoisotopic (exact) mass is 332 g/mol. The summed E-state index contributed by atoms with van der Waals surface area (Å²) >= 11 is 0. The van der Waals surface area contributed by atoms with E-state index < -0.39 is 5.41 Å². The minimum Gasteiger partial charge on any atom is -0.399 e. The van der Waals surface area contributed by atoms with E-state index in [4.69, 9.17) is 5.73 Å².